The average molecular weight is 254 g/mol. The van der Waals surface area contributed by atoms with E-state index in [4.69, 9.17) is 4.74 Å². The highest BCUT2D eigenvalue weighted by molar-refractivity contribution is 5.75. The van der Waals surface area contributed by atoms with Gasteiger partial charge < -0.3 is 4.74 Å². The minimum atomic E-state index is -0.317. The van der Waals surface area contributed by atoms with E-state index >= 15 is 0 Å². The summed E-state index contributed by atoms with van der Waals surface area (Å²) in [5.41, 5.74) is 1.55. The monoisotopic (exact) mass is 254 g/mol. The molecule has 0 aliphatic rings. The van der Waals surface area contributed by atoms with E-state index in [0.29, 0.717) is 5.56 Å². The van der Waals surface area contributed by atoms with Gasteiger partial charge in [0, 0.05) is 12.0 Å². The van der Waals surface area contributed by atoms with Gasteiger partial charge in [-0.2, -0.15) is 0 Å². The molecule has 2 rings (SSSR count). The Morgan fingerprint density at radius 2 is 1.79 bits per heavy atom. The molecule has 2 heteroatoms. The van der Waals surface area contributed by atoms with Gasteiger partial charge in [-0.3, -0.25) is 4.79 Å². The Labute approximate surface area is 114 Å². The number of carbonyl (C=O) groups excluding carboxylic acids is 1. The number of aldehydes is 1. The standard InChI is InChI=1S/C17H18O2/c1-17(2,12-14-7-4-3-5-8-14)19-16-10-6-9-15(11-16)13-18/h3-11,13H,12H2,1-2H3. The van der Waals surface area contributed by atoms with Crippen molar-refractivity contribution in [3.63, 3.8) is 0 Å². The molecule has 2 aromatic rings. The Balaban J connectivity index is 2.09. The first-order chi connectivity index (χ1) is 9.09. The van der Waals surface area contributed by atoms with E-state index in [-0.39, 0.29) is 5.60 Å². The Morgan fingerprint density at radius 3 is 2.47 bits per heavy atom. The lowest BCUT2D eigenvalue weighted by atomic mass is 9.98. The van der Waals surface area contributed by atoms with Crippen LogP contribution in [0.2, 0.25) is 0 Å². The van der Waals surface area contributed by atoms with Gasteiger partial charge in [-0.1, -0.05) is 42.5 Å². The molecule has 0 radical (unpaired) electrons. The van der Waals surface area contributed by atoms with Gasteiger partial charge in [0.15, 0.2) is 0 Å². The van der Waals surface area contributed by atoms with Gasteiger partial charge in [0.2, 0.25) is 0 Å². The average Bonchev–Trinajstić information content (AvgIpc) is 2.39. The number of carbonyl (C=O) groups is 1. The van der Waals surface area contributed by atoms with E-state index in [1.54, 1.807) is 12.1 Å². The quantitative estimate of drug-likeness (QED) is 0.756. The molecule has 0 fully saturated rings. The highest BCUT2D eigenvalue weighted by Gasteiger charge is 2.20. The molecule has 0 N–H and O–H groups in total. The smallest absolute Gasteiger partial charge is 0.150 e. The number of rotatable bonds is 5. The van der Waals surface area contributed by atoms with E-state index in [1.807, 2.05) is 44.2 Å². The summed E-state index contributed by atoms with van der Waals surface area (Å²) < 4.78 is 5.99. The second-order valence-electron chi connectivity index (χ2n) is 5.21. The zero-order chi connectivity index (χ0) is 13.7. The first-order valence-electron chi connectivity index (χ1n) is 6.37. The molecule has 0 atom stereocenters. The fourth-order valence-electron chi connectivity index (χ4n) is 2.09. The van der Waals surface area contributed by atoms with E-state index < -0.39 is 0 Å². The van der Waals surface area contributed by atoms with Crippen LogP contribution in [0.15, 0.2) is 54.6 Å². The normalized spacial score (nSPS) is 11.1. The highest BCUT2D eigenvalue weighted by Crippen LogP contribution is 2.22. The summed E-state index contributed by atoms with van der Waals surface area (Å²) in [4.78, 5) is 10.8. The molecule has 98 valence electrons. The molecule has 19 heavy (non-hydrogen) atoms. The lowest BCUT2D eigenvalue weighted by Gasteiger charge is -2.26. The maximum absolute atomic E-state index is 10.8. The molecule has 0 aliphatic heterocycles. The maximum Gasteiger partial charge on any atom is 0.150 e. The summed E-state index contributed by atoms with van der Waals surface area (Å²) in [6.45, 7) is 4.10. The van der Waals surface area contributed by atoms with Gasteiger partial charge in [-0.25, -0.2) is 0 Å². The van der Waals surface area contributed by atoms with E-state index in [2.05, 4.69) is 12.1 Å². The van der Waals surface area contributed by atoms with Crippen LogP contribution in [0, 0.1) is 0 Å². The fraction of sp³-hybridized carbons (Fsp3) is 0.235. The van der Waals surface area contributed by atoms with Crippen molar-refractivity contribution >= 4 is 6.29 Å². The van der Waals surface area contributed by atoms with Crippen molar-refractivity contribution in [3.05, 3.63) is 65.7 Å². The lowest BCUT2D eigenvalue weighted by Crippen LogP contribution is -2.31. The Bertz CT molecular complexity index is 544. The van der Waals surface area contributed by atoms with Crippen LogP contribution in [0.5, 0.6) is 5.75 Å². The van der Waals surface area contributed by atoms with Gasteiger partial charge in [0.1, 0.15) is 17.6 Å². The molecule has 2 aromatic carbocycles. The van der Waals surface area contributed by atoms with E-state index in [1.165, 1.54) is 5.56 Å². The molecule has 0 bridgehead atoms. The van der Waals surface area contributed by atoms with Gasteiger partial charge in [0.05, 0.1) is 0 Å². The van der Waals surface area contributed by atoms with Crippen LogP contribution in [0.1, 0.15) is 29.8 Å². The predicted octanol–water partition coefficient (Wildman–Crippen LogP) is 3.90. The van der Waals surface area contributed by atoms with Crippen LogP contribution in [0.3, 0.4) is 0 Å². The largest absolute Gasteiger partial charge is 0.488 e. The molecule has 0 saturated carbocycles. The van der Waals surface area contributed by atoms with Crippen molar-refractivity contribution in [1.82, 2.24) is 0 Å². The molecule has 0 saturated heterocycles. The van der Waals surface area contributed by atoms with Crippen LogP contribution < -0.4 is 4.74 Å². The minimum absolute atomic E-state index is 0.317. The topological polar surface area (TPSA) is 26.3 Å². The molecule has 0 aromatic heterocycles. The summed E-state index contributed by atoms with van der Waals surface area (Å²) in [6.07, 6.45) is 1.65. The fourth-order valence-corrected chi connectivity index (χ4v) is 2.09. The SMILES string of the molecule is CC(C)(Cc1ccccc1)Oc1cccc(C=O)c1. The summed E-state index contributed by atoms with van der Waals surface area (Å²) >= 11 is 0. The van der Waals surface area contributed by atoms with Crippen LogP contribution >= 0.6 is 0 Å². The molecule has 0 heterocycles. The molecule has 0 amide bonds. The first-order valence-corrected chi connectivity index (χ1v) is 6.37. The van der Waals surface area contributed by atoms with Crippen molar-refractivity contribution in [1.29, 1.82) is 0 Å². The lowest BCUT2D eigenvalue weighted by molar-refractivity contribution is 0.108. The predicted molar refractivity (Wildman–Crippen MR) is 76.7 cm³/mol. The Kier molecular flexibility index (Phi) is 4.00. The number of hydrogen-bond acceptors (Lipinski definition) is 2. The molecular formula is C17H18O2. The summed E-state index contributed by atoms with van der Waals surface area (Å²) in [6, 6.07) is 17.5. The van der Waals surface area contributed by atoms with Crippen LogP contribution in [0.4, 0.5) is 0 Å². The minimum Gasteiger partial charge on any atom is -0.488 e. The summed E-state index contributed by atoms with van der Waals surface area (Å²) in [7, 11) is 0. The second-order valence-corrected chi connectivity index (χ2v) is 5.21. The highest BCUT2D eigenvalue weighted by atomic mass is 16.5. The van der Waals surface area contributed by atoms with Gasteiger partial charge in [0.25, 0.3) is 0 Å². The molecule has 2 nitrogen and oxygen atoms in total. The molecule has 0 aliphatic carbocycles. The van der Waals surface area contributed by atoms with E-state index in [0.717, 1.165) is 18.5 Å². The molecule has 0 spiro atoms. The van der Waals surface area contributed by atoms with Gasteiger partial charge in [-0.15, -0.1) is 0 Å². The third-order valence-corrected chi connectivity index (χ3v) is 2.86. The Hall–Kier alpha value is -2.09. The third-order valence-electron chi connectivity index (χ3n) is 2.86. The third kappa shape index (κ3) is 3.95. The second kappa shape index (κ2) is 5.70. The number of benzene rings is 2. The summed E-state index contributed by atoms with van der Waals surface area (Å²) in [5.74, 6) is 0.727. The first kappa shape index (κ1) is 13.3. The summed E-state index contributed by atoms with van der Waals surface area (Å²) in [5, 5.41) is 0. The Morgan fingerprint density at radius 1 is 1.05 bits per heavy atom. The zero-order valence-corrected chi connectivity index (χ0v) is 11.3. The van der Waals surface area contributed by atoms with Crippen molar-refractivity contribution in [2.75, 3.05) is 0 Å². The maximum atomic E-state index is 10.8. The van der Waals surface area contributed by atoms with Crippen molar-refractivity contribution < 1.29 is 9.53 Å². The van der Waals surface area contributed by atoms with Crippen LogP contribution in [0.25, 0.3) is 0 Å². The molecular weight excluding hydrogens is 236 g/mol. The zero-order valence-electron chi connectivity index (χ0n) is 11.3. The number of ether oxygens (including phenoxy) is 1. The van der Waals surface area contributed by atoms with Crippen molar-refractivity contribution in [2.45, 2.75) is 25.9 Å². The van der Waals surface area contributed by atoms with Gasteiger partial charge in [-0.05, 0) is 31.5 Å². The van der Waals surface area contributed by atoms with Crippen LogP contribution in [-0.4, -0.2) is 11.9 Å². The van der Waals surface area contributed by atoms with Crippen LogP contribution in [-0.2, 0) is 6.42 Å². The molecule has 0 unspecified atom stereocenters. The van der Waals surface area contributed by atoms with E-state index in [9.17, 15) is 4.79 Å². The van der Waals surface area contributed by atoms with Crippen molar-refractivity contribution in [3.8, 4) is 5.75 Å². The van der Waals surface area contributed by atoms with Gasteiger partial charge >= 0.3 is 0 Å². The number of hydrogen-bond donors (Lipinski definition) is 0. The van der Waals surface area contributed by atoms with Crippen molar-refractivity contribution in [2.24, 2.45) is 0 Å².